The number of aliphatic hydroxyl groups is 1. The lowest BCUT2D eigenvalue weighted by molar-refractivity contribution is -0.129. The Hall–Kier alpha value is -2.90. The summed E-state index contributed by atoms with van der Waals surface area (Å²) >= 11 is 3.47. The summed E-state index contributed by atoms with van der Waals surface area (Å²) in [5, 5.41) is 11.6. The Balaban J connectivity index is 1.76. The van der Waals surface area contributed by atoms with E-state index in [4.69, 9.17) is 4.42 Å². The summed E-state index contributed by atoms with van der Waals surface area (Å²) in [5.74, 6) is -1.43. The predicted octanol–water partition coefficient (Wildman–Crippen LogP) is 5.03. The van der Waals surface area contributed by atoms with Gasteiger partial charge < -0.3 is 19.3 Å². The molecule has 3 aromatic rings. The highest BCUT2D eigenvalue weighted by molar-refractivity contribution is 9.10. The van der Waals surface area contributed by atoms with Gasteiger partial charge in [0.05, 0.1) is 11.6 Å². The van der Waals surface area contributed by atoms with Crippen LogP contribution < -0.4 is 0 Å². The quantitative estimate of drug-likeness (QED) is 0.464. The van der Waals surface area contributed by atoms with E-state index in [0.29, 0.717) is 18.5 Å². The van der Waals surface area contributed by atoms with Crippen LogP contribution in [0.25, 0.3) is 11.0 Å². The molecule has 0 fully saturated rings. The number of halogens is 1. The number of Topliss-reactive ketones (excluding diaryl/α,β-unsaturated/α-hetero) is 1. The molecule has 166 valence electrons. The fraction of sp³-hybridized carbons (Fsp3) is 0.280. The number of carbonyl (C=O) groups is 2. The van der Waals surface area contributed by atoms with Crippen molar-refractivity contribution in [2.24, 2.45) is 0 Å². The second-order valence-corrected chi connectivity index (χ2v) is 9.27. The lowest BCUT2D eigenvalue weighted by atomic mass is 9.95. The average Bonchev–Trinajstić information content (AvgIpc) is 3.27. The first-order chi connectivity index (χ1) is 15.3. The van der Waals surface area contributed by atoms with Crippen molar-refractivity contribution in [1.29, 1.82) is 0 Å². The average molecular weight is 497 g/mol. The van der Waals surface area contributed by atoms with Crippen LogP contribution in [0.1, 0.15) is 34.1 Å². The Kier molecular flexibility index (Phi) is 6.22. The molecule has 0 radical (unpaired) electrons. The molecule has 0 saturated heterocycles. The third-order valence-corrected chi connectivity index (χ3v) is 6.11. The van der Waals surface area contributed by atoms with E-state index in [1.807, 2.05) is 68.4 Å². The van der Waals surface area contributed by atoms with Gasteiger partial charge in [0, 0.05) is 16.4 Å². The zero-order chi connectivity index (χ0) is 23.0. The van der Waals surface area contributed by atoms with Crippen LogP contribution in [0.4, 0.5) is 0 Å². The van der Waals surface area contributed by atoms with Crippen molar-refractivity contribution in [2.45, 2.75) is 19.4 Å². The lowest BCUT2D eigenvalue weighted by Gasteiger charge is -2.27. The van der Waals surface area contributed by atoms with Crippen molar-refractivity contribution in [2.75, 3.05) is 27.2 Å². The van der Waals surface area contributed by atoms with E-state index in [1.54, 1.807) is 11.0 Å². The minimum atomic E-state index is -0.690. The van der Waals surface area contributed by atoms with Crippen LogP contribution in [0, 0.1) is 6.92 Å². The van der Waals surface area contributed by atoms with Gasteiger partial charge in [-0.1, -0.05) is 39.7 Å². The number of furan rings is 1. The molecule has 32 heavy (non-hydrogen) atoms. The van der Waals surface area contributed by atoms with Crippen LogP contribution in [0.15, 0.2) is 68.8 Å². The second-order valence-electron chi connectivity index (χ2n) is 8.36. The lowest BCUT2D eigenvalue weighted by Crippen LogP contribution is -2.33. The number of ketones is 1. The third-order valence-electron chi connectivity index (χ3n) is 5.61. The molecular formula is C25H25BrN2O4. The first kappa shape index (κ1) is 22.3. The number of aryl methyl sites for hydroxylation is 1. The number of rotatable bonds is 7. The Bertz CT molecular complexity index is 1230. The van der Waals surface area contributed by atoms with E-state index in [-0.39, 0.29) is 11.3 Å². The van der Waals surface area contributed by atoms with E-state index in [2.05, 4.69) is 15.9 Å². The number of carbonyl (C=O) groups excluding carboxylic acids is 2. The largest absolute Gasteiger partial charge is 0.503 e. The summed E-state index contributed by atoms with van der Waals surface area (Å²) in [5.41, 5.74) is 2.44. The fourth-order valence-electron chi connectivity index (χ4n) is 4.10. The number of nitrogens with zero attached hydrogens (tertiary/aromatic N) is 2. The highest BCUT2D eigenvalue weighted by Gasteiger charge is 2.44. The predicted molar refractivity (Wildman–Crippen MR) is 127 cm³/mol. The fourth-order valence-corrected chi connectivity index (χ4v) is 4.52. The Morgan fingerprint density at radius 3 is 2.69 bits per heavy atom. The first-order valence-electron chi connectivity index (χ1n) is 10.5. The molecule has 4 rings (SSSR count). The number of hydrogen-bond acceptors (Lipinski definition) is 5. The number of amides is 1. The van der Waals surface area contributed by atoms with E-state index in [9.17, 15) is 14.7 Å². The SMILES string of the molecule is Cc1ccc2oc(C(=O)C3=C(O)C(=O)N(CCCN(C)C)C3c3cccc(Br)c3)cc2c1. The van der Waals surface area contributed by atoms with Gasteiger partial charge in [-0.2, -0.15) is 0 Å². The molecule has 1 amide bonds. The molecular weight excluding hydrogens is 472 g/mol. The molecule has 2 heterocycles. The Morgan fingerprint density at radius 1 is 1.19 bits per heavy atom. The summed E-state index contributed by atoms with van der Waals surface area (Å²) in [6.45, 7) is 3.16. The zero-order valence-electron chi connectivity index (χ0n) is 18.3. The van der Waals surface area contributed by atoms with Gasteiger partial charge >= 0.3 is 0 Å². The molecule has 7 heteroatoms. The van der Waals surface area contributed by atoms with E-state index >= 15 is 0 Å². The molecule has 1 unspecified atom stereocenters. The number of fused-ring (bicyclic) bond motifs is 1. The molecule has 1 N–H and O–H groups in total. The van der Waals surface area contributed by atoms with Crippen LogP contribution in [-0.4, -0.2) is 53.8 Å². The van der Waals surface area contributed by atoms with E-state index < -0.39 is 23.5 Å². The number of benzene rings is 2. The van der Waals surface area contributed by atoms with Gasteiger partial charge in [-0.15, -0.1) is 0 Å². The highest BCUT2D eigenvalue weighted by atomic mass is 79.9. The Morgan fingerprint density at radius 2 is 1.97 bits per heavy atom. The highest BCUT2D eigenvalue weighted by Crippen LogP contribution is 2.40. The van der Waals surface area contributed by atoms with Gasteiger partial charge in [0.2, 0.25) is 5.78 Å². The number of hydrogen-bond donors (Lipinski definition) is 1. The maximum atomic E-state index is 13.5. The molecule has 0 bridgehead atoms. The van der Waals surface area contributed by atoms with Gasteiger partial charge in [0.15, 0.2) is 11.5 Å². The standard InChI is InChI=1S/C25H25BrN2O4/c1-15-8-9-19-17(12-15)14-20(32-19)23(29)21-22(16-6-4-7-18(26)13-16)28(25(31)24(21)30)11-5-10-27(2)3/h4,6-9,12-14,22,30H,5,10-11H2,1-3H3. The maximum Gasteiger partial charge on any atom is 0.290 e. The molecule has 0 aliphatic carbocycles. The minimum absolute atomic E-state index is 0.0498. The monoisotopic (exact) mass is 496 g/mol. The van der Waals surface area contributed by atoms with Gasteiger partial charge in [-0.25, -0.2) is 0 Å². The number of aliphatic hydroxyl groups excluding tert-OH is 1. The summed E-state index contributed by atoms with van der Waals surface area (Å²) < 4.78 is 6.62. The summed E-state index contributed by atoms with van der Waals surface area (Å²) in [6.07, 6.45) is 0.710. The normalized spacial score (nSPS) is 16.6. The maximum absolute atomic E-state index is 13.5. The van der Waals surface area contributed by atoms with Gasteiger partial charge in [0.25, 0.3) is 5.91 Å². The van der Waals surface area contributed by atoms with Crippen LogP contribution in [0.2, 0.25) is 0 Å². The van der Waals surface area contributed by atoms with Gasteiger partial charge in [-0.05, 0) is 69.9 Å². The summed E-state index contributed by atoms with van der Waals surface area (Å²) in [7, 11) is 3.93. The van der Waals surface area contributed by atoms with Crippen molar-refractivity contribution in [1.82, 2.24) is 9.80 Å². The van der Waals surface area contributed by atoms with Crippen molar-refractivity contribution in [3.05, 3.63) is 81.2 Å². The van der Waals surface area contributed by atoms with Crippen LogP contribution in [0.5, 0.6) is 0 Å². The van der Waals surface area contributed by atoms with Crippen LogP contribution in [0.3, 0.4) is 0 Å². The second kappa shape index (κ2) is 8.92. The molecule has 1 aliphatic rings. The molecule has 1 aliphatic heterocycles. The van der Waals surface area contributed by atoms with Gasteiger partial charge in [0.1, 0.15) is 5.58 Å². The third kappa shape index (κ3) is 4.23. The molecule has 1 aromatic heterocycles. The molecule has 0 spiro atoms. The van der Waals surface area contributed by atoms with Crippen molar-refractivity contribution < 1.29 is 19.1 Å². The zero-order valence-corrected chi connectivity index (χ0v) is 19.8. The summed E-state index contributed by atoms with van der Waals surface area (Å²) in [6, 6.07) is 14.1. The van der Waals surface area contributed by atoms with Crippen LogP contribution >= 0.6 is 15.9 Å². The summed E-state index contributed by atoms with van der Waals surface area (Å²) in [4.78, 5) is 30.2. The van der Waals surface area contributed by atoms with Crippen molar-refractivity contribution in [3.63, 3.8) is 0 Å². The topological polar surface area (TPSA) is 74.0 Å². The smallest absolute Gasteiger partial charge is 0.290 e. The molecule has 0 saturated carbocycles. The van der Waals surface area contributed by atoms with E-state index in [0.717, 1.165) is 27.5 Å². The van der Waals surface area contributed by atoms with Gasteiger partial charge in [-0.3, -0.25) is 9.59 Å². The molecule has 6 nitrogen and oxygen atoms in total. The van der Waals surface area contributed by atoms with Crippen LogP contribution in [-0.2, 0) is 4.79 Å². The Labute approximate surface area is 195 Å². The minimum Gasteiger partial charge on any atom is -0.503 e. The van der Waals surface area contributed by atoms with Crippen molar-refractivity contribution in [3.8, 4) is 0 Å². The molecule has 2 aromatic carbocycles. The van der Waals surface area contributed by atoms with Crippen molar-refractivity contribution >= 4 is 38.6 Å². The molecule has 1 atom stereocenters. The first-order valence-corrected chi connectivity index (χ1v) is 11.2. The van der Waals surface area contributed by atoms with E-state index in [1.165, 1.54) is 0 Å².